The summed E-state index contributed by atoms with van der Waals surface area (Å²) >= 11 is 0. The lowest BCUT2D eigenvalue weighted by Crippen LogP contribution is -2.32. The van der Waals surface area contributed by atoms with Gasteiger partial charge in [0.15, 0.2) is 0 Å². The molecule has 0 spiro atoms. The van der Waals surface area contributed by atoms with E-state index in [9.17, 15) is 4.79 Å². The Kier molecular flexibility index (Phi) is 7.04. The number of ketones is 1. The second kappa shape index (κ2) is 7.52. The maximum atomic E-state index is 10.7. The van der Waals surface area contributed by atoms with Crippen molar-refractivity contribution in [3.63, 3.8) is 0 Å². The molecule has 0 heterocycles. The van der Waals surface area contributed by atoms with E-state index in [1.54, 1.807) is 6.92 Å². The van der Waals surface area contributed by atoms with E-state index in [0.717, 1.165) is 19.5 Å². The Bertz CT molecular complexity index is 206. The number of hydrogen-bond acceptors (Lipinski definition) is 3. The molecule has 0 aliphatic heterocycles. The Morgan fingerprint density at radius 1 is 1.43 bits per heavy atom. The van der Waals surface area contributed by atoms with E-state index in [1.165, 1.54) is 0 Å². The third-order valence-corrected chi connectivity index (χ3v) is 2.22. The number of hydrogen-bond donors (Lipinski definition) is 0. The van der Waals surface area contributed by atoms with E-state index in [1.807, 2.05) is 0 Å². The molecule has 0 aliphatic rings. The Balaban J connectivity index is 3.74. The molecule has 0 aliphatic carbocycles. The van der Waals surface area contributed by atoms with Crippen LogP contribution in [0.3, 0.4) is 0 Å². The Morgan fingerprint density at radius 2 is 2.07 bits per heavy atom. The van der Waals surface area contributed by atoms with Gasteiger partial charge in [-0.2, -0.15) is 5.26 Å². The molecule has 0 rings (SSSR count). The summed E-state index contributed by atoms with van der Waals surface area (Å²) in [5.74, 6) is 0.244. The third kappa shape index (κ3) is 6.62. The van der Waals surface area contributed by atoms with Crippen LogP contribution in [0.2, 0.25) is 0 Å². The first-order valence-electron chi connectivity index (χ1n) is 5.18. The first-order chi connectivity index (χ1) is 6.57. The largest absolute Gasteiger partial charge is 0.300 e. The zero-order valence-electron chi connectivity index (χ0n) is 9.42. The molecule has 0 amide bonds. The van der Waals surface area contributed by atoms with Gasteiger partial charge < -0.3 is 4.79 Å². The molecule has 0 aromatic rings. The highest BCUT2D eigenvalue weighted by molar-refractivity contribution is 5.75. The van der Waals surface area contributed by atoms with Crippen LogP contribution in [0.25, 0.3) is 0 Å². The van der Waals surface area contributed by atoms with Crippen LogP contribution >= 0.6 is 0 Å². The summed E-state index contributed by atoms with van der Waals surface area (Å²) in [5.41, 5.74) is 0. The zero-order chi connectivity index (χ0) is 11.0. The first kappa shape index (κ1) is 13.1. The van der Waals surface area contributed by atoms with Gasteiger partial charge in [0.25, 0.3) is 0 Å². The van der Waals surface area contributed by atoms with Crippen molar-refractivity contribution in [3.8, 4) is 6.07 Å². The van der Waals surface area contributed by atoms with E-state index < -0.39 is 0 Å². The molecule has 0 saturated heterocycles. The van der Waals surface area contributed by atoms with Crippen molar-refractivity contribution < 1.29 is 4.79 Å². The van der Waals surface area contributed by atoms with Crippen LogP contribution in [-0.2, 0) is 4.79 Å². The summed E-state index contributed by atoms with van der Waals surface area (Å²) in [6, 6.07) is 2.60. The highest BCUT2D eigenvalue weighted by Gasteiger charge is 2.08. The van der Waals surface area contributed by atoms with Gasteiger partial charge in [0.05, 0.1) is 6.07 Å². The second-order valence-electron chi connectivity index (χ2n) is 3.84. The first-order valence-corrected chi connectivity index (χ1v) is 5.18. The minimum atomic E-state index is 0.244. The van der Waals surface area contributed by atoms with Gasteiger partial charge in [-0.05, 0) is 33.7 Å². The molecular formula is C11H20N2O. The fourth-order valence-corrected chi connectivity index (χ4v) is 1.35. The Morgan fingerprint density at radius 3 is 2.50 bits per heavy atom. The number of carbonyl (C=O) groups is 1. The minimum absolute atomic E-state index is 0.244. The van der Waals surface area contributed by atoms with Crippen molar-refractivity contribution in [2.24, 2.45) is 0 Å². The monoisotopic (exact) mass is 196 g/mol. The minimum Gasteiger partial charge on any atom is -0.300 e. The molecule has 80 valence electrons. The average Bonchev–Trinajstić information content (AvgIpc) is 2.09. The lowest BCUT2D eigenvalue weighted by molar-refractivity contribution is -0.117. The average molecular weight is 196 g/mol. The predicted octanol–water partition coefficient (Wildman–Crippen LogP) is 1.98. The van der Waals surface area contributed by atoms with Gasteiger partial charge >= 0.3 is 0 Å². The molecule has 0 radical (unpaired) electrons. The van der Waals surface area contributed by atoms with E-state index in [2.05, 4.69) is 24.8 Å². The summed E-state index contributed by atoms with van der Waals surface area (Å²) < 4.78 is 0. The van der Waals surface area contributed by atoms with Gasteiger partial charge in [0.2, 0.25) is 0 Å². The molecular weight excluding hydrogens is 176 g/mol. The normalized spacial score (nSPS) is 10.6. The number of rotatable bonds is 7. The van der Waals surface area contributed by atoms with Crippen molar-refractivity contribution in [2.45, 2.75) is 46.1 Å². The van der Waals surface area contributed by atoms with Crippen LogP contribution in [-0.4, -0.2) is 29.8 Å². The van der Waals surface area contributed by atoms with Crippen molar-refractivity contribution in [3.05, 3.63) is 0 Å². The van der Waals surface area contributed by atoms with Gasteiger partial charge in [-0.25, -0.2) is 0 Å². The summed E-state index contributed by atoms with van der Waals surface area (Å²) in [7, 11) is 0. The van der Waals surface area contributed by atoms with Crippen LogP contribution in [0.1, 0.15) is 40.0 Å². The van der Waals surface area contributed by atoms with Crippen LogP contribution in [0.4, 0.5) is 0 Å². The third-order valence-electron chi connectivity index (χ3n) is 2.22. The molecule has 14 heavy (non-hydrogen) atoms. The van der Waals surface area contributed by atoms with Gasteiger partial charge in [0.1, 0.15) is 5.78 Å². The van der Waals surface area contributed by atoms with Crippen molar-refractivity contribution in [1.29, 1.82) is 5.26 Å². The van der Waals surface area contributed by atoms with E-state index in [4.69, 9.17) is 5.26 Å². The molecule has 0 aromatic carbocycles. The standard InChI is InChI=1S/C11H20N2O/c1-10(2)13(9-5-7-12)8-4-6-11(3)14/h10H,4-6,8-9H2,1-3H3. The maximum Gasteiger partial charge on any atom is 0.129 e. The van der Waals surface area contributed by atoms with Crippen molar-refractivity contribution in [2.75, 3.05) is 13.1 Å². The molecule has 0 atom stereocenters. The van der Waals surface area contributed by atoms with Gasteiger partial charge in [-0.3, -0.25) is 4.90 Å². The van der Waals surface area contributed by atoms with E-state index in [0.29, 0.717) is 18.9 Å². The molecule has 0 aromatic heterocycles. The van der Waals surface area contributed by atoms with Gasteiger partial charge in [0, 0.05) is 25.4 Å². The molecule has 0 bridgehead atoms. The smallest absolute Gasteiger partial charge is 0.129 e. The lowest BCUT2D eigenvalue weighted by Gasteiger charge is -2.25. The Hall–Kier alpha value is -0.880. The molecule has 0 saturated carbocycles. The number of nitrogens with zero attached hydrogens (tertiary/aromatic N) is 2. The molecule has 3 heteroatoms. The highest BCUT2D eigenvalue weighted by atomic mass is 16.1. The fraction of sp³-hybridized carbons (Fsp3) is 0.818. The van der Waals surface area contributed by atoms with E-state index in [-0.39, 0.29) is 5.78 Å². The predicted molar refractivity (Wildman–Crippen MR) is 56.9 cm³/mol. The van der Waals surface area contributed by atoms with Crippen molar-refractivity contribution in [1.82, 2.24) is 4.90 Å². The summed E-state index contributed by atoms with van der Waals surface area (Å²) in [6.45, 7) is 7.58. The molecule has 0 unspecified atom stereocenters. The number of nitriles is 1. The topological polar surface area (TPSA) is 44.1 Å². The molecule has 0 fully saturated rings. The summed E-state index contributed by atoms with van der Waals surface area (Å²) in [4.78, 5) is 13.0. The second-order valence-corrected chi connectivity index (χ2v) is 3.84. The van der Waals surface area contributed by atoms with Gasteiger partial charge in [-0.15, -0.1) is 0 Å². The van der Waals surface area contributed by atoms with E-state index >= 15 is 0 Å². The highest BCUT2D eigenvalue weighted by Crippen LogP contribution is 2.02. The molecule has 0 N–H and O–H groups in total. The lowest BCUT2D eigenvalue weighted by atomic mass is 10.2. The van der Waals surface area contributed by atoms with Crippen LogP contribution < -0.4 is 0 Å². The van der Waals surface area contributed by atoms with Crippen LogP contribution in [0, 0.1) is 11.3 Å². The zero-order valence-corrected chi connectivity index (χ0v) is 9.42. The van der Waals surface area contributed by atoms with Gasteiger partial charge in [-0.1, -0.05) is 0 Å². The summed E-state index contributed by atoms with van der Waals surface area (Å²) in [6.07, 6.45) is 2.12. The van der Waals surface area contributed by atoms with Crippen molar-refractivity contribution >= 4 is 5.78 Å². The van der Waals surface area contributed by atoms with Crippen LogP contribution in [0.5, 0.6) is 0 Å². The summed E-state index contributed by atoms with van der Waals surface area (Å²) in [5, 5.41) is 8.48. The number of carbonyl (C=O) groups excluding carboxylic acids is 1. The number of Topliss-reactive ketones (excluding diaryl/α,β-unsaturated/α-hetero) is 1. The fourth-order valence-electron chi connectivity index (χ4n) is 1.35. The SMILES string of the molecule is CC(=O)CCCN(CCC#N)C(C)C. The molecule has 3 nitrogen and oxygen atoms in total. The van der Waals surface area contributed by atoms with Crippen LogP contribution in [0.15, 0.2) is 0 Å². The Labute approximate surface area is 86.7 Å². The maximum absolute atomic E-state index is 10.7. The quantitative estimate of drug-likeness (QED) is 0.625.